The largest absolute Gasteiger partial charge is 0.457 e. The van der Waals surface area contributed by atoms with E-state index in [4.69, 9.17) is 18.9 Å². The molecule has 2 N–H and O–H groups in total. The second kappa shape index (κ2) is 14.3. The SMILES string of the molecule is CCC(=O)OC1CCC(OC(=O)CC)c2cc(-c3[nH]c4ccc5c(-c6ccc7c(c6)C(OC(=O)CC)CCC7OC(=O)CC)[nH]c6ccc3c4c65)ccc21. The van der Waals surface area contributed by atoms with Crippen LogP contribution >= 0.6 is 0 Å². The van der Waals surface area contributed by atoms with Crippen molar-refractivity contribution in [3.8, 4) is 22.5 Å². The van der Waals surface area contributed by atoms with Gasteiger partial charge in [0.2, 0.25) is 0 Å². The Morgan fingerprint density at radius 3 is 1.15 bits per heavy atom. The zero-order chi connectivity index (χ0) is 37.7. The highest BCUT2D eigenvalue weighted by molar-refractivity contribution is 6.27. The fourth-order valence-electron chi connectivity index (χ4n) is 8.27. The van der Waals surface area contributed by atoms with Crippen molar-refractivity contribution in [1.82, 2.24) is 9.97 Å². The quantitative estimate of drug-likeness (QED) is 0.105. The molecule has 2 heterocycles. The number of carbonyl (C=O) groups excluding carboxylic acids is 4. The van der Waals surface area contributed by atoms with Crippen LogP contribution in [0, 0.1) is 0 Å². The van der Waals surface area contributed by atoms with Gasteiger partial charge in [0.1, 0.15) is 24.4 Å². The van der Waals surface area contributed by atoms with Crippen molar-refractivity contribution >= 4 is 56.5 Å². The molecule has 6 aromatic rings. The Balaban J connectivity index is 1.21. The molecule has 0 amide bonds. The highest BCUT2D eigenvalue weighted by Crippen LogP contribution is 2.47. The van der Waals surface area contributed by atoms with Crippen LogP contribution in [0.15, 0.2) is 60.7 Å². The minimum absolute atomic E-state index is 0.258. The van der Waals surface area contributed by atoms with Crippen molar-refractivity contribution in [2.24, 2.45) is 0 Å². The van der Waals surface area contributed by atoms with Crippen molar-refractivity contribution in [1.29, 1.82) is 0 Å². The third-order valence-corrected chi connectivity index (χ3v) is 11.0. The van der Waals surface area contributed by atoms with Crippen molar-refractivity contribution in [2.75, 3.05) is 0 Å². The predicted octanol–water partition coefficient (Wildman–Crippen LogP) is 10.1. The van der Waals surface area contributed by atoms with Crippen LogP contribution in [0.4, 0.5) is 0 Å². The van der Waals surface area contributed by atoms with Gasteiger partial charge in [-0.3, -0.25) is 19.2 Å². The minimum atomic E-state index is -0.429. The summed E-state index contributed by atoms with van der Waals surface area (Å²) in [5.74, 6) is -1.05. The summed E-state index contributed by atoms with van der Waals surface area (Å²) in [6.07, 6.45) is 1.78. The lowest BCUT2D eigenvalue weighted by atomic mass is 9.85. The number of nitrogens with one attached hydrogen (secondary N) is 2. The van der Waals surface area contributed by atoms with Gasteiger partial charge in [0.25, 0.3) is 0 Å². The van der Waals surface area contributed by atoms with E-state index in [-0.39, 0.29) is 49.6 Å². The number of fused-ring (bicyclic) bond motifs is 2. The summed E-state index contributed by atoms with van der Waals surface area (Å²) in [6.45, 7) is 7.13. The second-order valence-electron chi connectivity index (χ2n) is 14.2. The molecule has 0 aliphatic heterocycles. The van der Waals surface area contributed by atoms with E-state index in [9.17, 15) is 19.2 Å². The molecule has 278 valence electrons. The average Bonchev–Trinajstić information content (AvgIpc) is 3.77. The van der Waals surface area contributed by atoms with Gasteiger partial charge in [0, 0.05) is 58.3 Å². The Kier molecular flexibility index (Phi) is 9.37. The maximum absolute atomic E-state index is 12.4. The van der Waals surface area contributed by atoms with Crippen LogP contribution in [0.25, 0.3) is 55.1 Å². The number of H-pyrrole nitrogens is 2. The number of rotatable bonds is 10. The number of benzene rings is 4. The Morgan fingerprint density at radius 2 is 0.815 bits per heavy atom. The molecule has 54 heavy (non-hydrogen) atoms. The van der Waals surface area contributed by atoms with Crippen LogP contribution in [0.3, 0.4) is 0 Å². The molecule has 10 nitrogen and oxygen atoms in total. The lowest BCUT2D eigenvalue weighted by Gasteiger charge is -2.31. The first-order valence-electron chi connectivity index (χ1n) is 19.2. The van der Waals surface area contributed by atoms with Crippen LogP contribution in [-0.4, -0.2) is 33.8 Å². The molecule has 0 bridgehead atoms. The fourth-order valence-corrected chi connectivity index (χ4v) is 8.27. The predicted molar refractivity (Wildman–Crippen MR) is 205 cm³/mol. The number of esters is 4. The third-order valence-electron chi connectivity index (χ3n) is 11.0. The van der Waals surface area contributed by atoms with Crippen molar-refractivity contribution < 1.29 is 38.1 Å². The van der Waals surface area contributed by atoms with E-state index >= 15 is 0 Å². The molecule has 2 aliphatic rings. The maximum atomic E-state index is 12.4. The van der Waals surface area contributed by atoms with Gasteiger partial charge in [0.05, 0.1) is 11.4 Å². The molecular formula is C44H44N2O8. The zero-order valence-electron chi connectivity index (χ0n) is 31.0. The molecule has 2 aromatic heterocycles. The summed E-state index contributed by atoms with van der Waals surface area (Å²) in [4.78, 5) is 56.9. The number of hydrogen-bond donors (Lipinski definition) is 2. The zero-order valence-corrected chi connectivity index (χ0v) is 31.0. The molecular weight excluding hydrogens is 684 g/mol. The minimum Gasteiger partial charge on any atom is -0.457 e. The third kappa shape index (κ3) is 6.17. The second-order valence-corrected chi connectivity index (χ2v) is 14.2. The van der Waals surface area contributed by atoms with Gasteiger partial charge < -0.3 is 28.9 Å². The van der Waals surface area contributed by atoms with Crippen LogP contribution in [0.1, 0.15) is 126 Å². The smallest absolute Gasteiger partial charge is 0.306 e. The molecule has 0 spiro atoms. The molecule has 4 unspecified atom stereocenters. The molecule has 2 aliphatic carbocycles. The molecule has 4 atom stereocenters. The number of aromatic nitrogens is 2. The summed E-state index contributed by atoms with van der Waals surface area (Å²) in [6, 6.07) is 20.7. The van der Waals surface area contributed by atoms with E-state index in [0.717, 1.165) is 77.3 Å². The first-order valence-corrected chi connectivity index (χ1v) is 19.2. The standard InChI is InChI=1S/C44H44N2O8/c1-5-37(47)51-33-17-19-35(53-39(49)7-3)29-21-23(9-11-25(29)33)43-27-13-15-32-42-28(14-16-31(45-43)41(27)42)44(46-32)24-10-12-26-30(22-24)36(54-40(50)8-4)20-18-34(26)52-38(48)6-2/h9-16,21-22,33-36,45-46H,5-8,17-20H2,1-4H3. The Hall–Kier alpha value is -5.64. The van der Waals surface area contributed by atoms with Crippen LogP contribution in [-0.2, 0) is 38.1 Å². The van der Waals surface area contributed by atoms with Crippen LogP contribution in [0.2, 0.25) is 0 Å². The van der Waals surface area contributed by atoms with Gasteiger partial charge >= 0.3 is 23.9 Å². The monoisotopic (exact) mass is 728 g/mol. The van der Waals surface area contributed by atoms with Gasteiger partial charge in [0.15, 0.2) is 0 Å². The van der Waals surface area contributed by atoms with E-state index < -0.39 is 24.4 Å². The molecule has 0 saturated carbocycles. The lowest BCUT2D eigenvalue weighted by molar-refractivity contribution is -0.155. The summed E-state index contributed by atoms with van der Waals surface area (Å²) in [7, 11) is 0. The molecule has 0 fully saturated rings. The van der Waals surface area contributed by atoms with Gasteiger partial charge in [-0.15, -0.1) is 0 Å². The van der Waals surface area contributed by atoms with E-state index in [1.807, 2.05) is 24.3 Å². The van der Waals surface area contributed by atoms with Gasteiger partial charge in [-0.1, -0.05) is 64.1 Å². The maximum Gasteiger partial charge on any atom is 0.306 e. The molecule has 8 rings (SSSR count). The van der Waals surface area contributed by atoms with E-state index in [1.54, 1.807) is 27.7 Å². The highest BCUT2D eigenvalue weighted by Gasteiger charge is 2.34. The van der Waals surface area contributed by atoms with Gasteiger partial charge in [-0.2, -0.15) is 0 Å². The summed E-state index contributed by atoms with van der Waals surface area (Å²) < 4.78 is 23.4. The summed E-state index contributed by atoms with van der Waals surface area (Å²) in [5.41, 5.74) is 9.20. The van der Waals surface area contributed by atoms with E-state index in [0.29, 0.717) is 25.7 Å². The summed E-state index contributed by atoms with van der Waals surface area (Å²) in [5, 5.41) is 4.31. The number of aromatic amines is 2. The number of carbonyl (C=O) groups is 4. The highest BCUT2D eigenvalue weighted by atomic mass is 16.6. The van der Waals surface area contributed by atoms with E-state index in [2.05, 4.69) is 46.4 Å². The number of ether oxygens (including phenoxy) is 4. The van der Waals surface area contributed by atoms with Crippen LogP contribution < -0.4 is 0 Å². The first-order chi connectivity index (χ1) is 26.2. The molecule has 4 aromatic carbocycles. The molecule has 0 saturated heterocycles. The first kappa shape index (κ1) is 35.4. The Labute approximate surface area is 312 Å². The molecule has 10 heteroatoms. The lowest BCUT2D eigenvalue weighted by Crippen LogP contribution is -2.22. The topological polar surface area (TPSA) is 137 Å². The van der Waals surface area contributed by atoms with Crippen molar-refractivity contribution in [3.05, 3.63) is 82.9 Å². The van der Waals surface area contributed by atoms with Gasteiger partial charge in [-0.05, 0) is 83.3 Å². The summed E-state index contributed by atoms with van der Waals surface area (Å²) >= 11 is 0. The van der Waals surface area contributed by atoms with Crippen molar-refractivity contribution in [3.63, 3.8) is 0 Å². The van der Waals surface area contributed by atoms with E-state index in [1.165, 1.54) is 0 Å². The normalized spacial score (nSPS) is 19.4. The van der Waals surface area contributed by atoms with Crippen LogP contribution in [0.5, 0.6) is 0 Å². The fraction of sp³-hybridized carbons (Fsp3) is 0.364. The van der Waals surface area contributed by atoms with Gasteiger partial charge in [-0.25, -0.2) is 0 Å². The number of hydrogen-bond acceptors (Lipinski definition) is 8. The average molecular weight is 729 g/mol. The Morgan fingerprint density at radius 1 is 0.481 bits per heavy atom. The Bertz CT molecular complexity index is 2250. The van der Waals surface area contributed by atoms with Crippen molar-refractivity contribution in [2.45, 2.75) is 103 Å². The molecule has 0 radical (unpaired) electrons.